The largest absolute Gasteiger partial charge is 0.475 e. The maximum atomic E-state index is 12.0. The number of hydrogen-bond donors (Lipinski definition) is 1. The zero-order valence-corrected chi connectivity index (χ0v) is 11.3. The van der Waals surface area contributed by atoms with Crippen LogP contribution >= 0.6 is 0 Å². The molecule has 100 valence electrons. The van der Waals surface area contributed by atoms with Crippen molar-refractivity contribution in [1.82, 2.24) is 0 Å². The monoisotopic (exact) mass is 278 g/mol. The maximum Gasteiger partial charge on any atom is 0.372 e. The van der Waals surface area contributed by atoms with Crippen molar-refractivity contribution in [2.45, 2.75) is 18.4 Å². The second kappa shape index (κ2) is 5.84. The van der Waals surface area contributed by atoms with Crippen LogP contribution in [0, 0.1) is 6.92 Å². The molecule has 1 heterocycles. The Hall–Kier alpha value is -1.88. The predicted molar refractivity (Wildman–Crippen MR) is 72.4 cm³/mol. The van der Waals surface area contributed by atoms with Gasteiger partial charge in [-0.2, -0.15) is 0 Å². The first-order chi connectivity index (χ1) is 9.06. The van der Waals surface area contributed by atoms with Crippen molar-refractivity contribution >= 4 is 16.8 Å². The quantitative estimate of drug-likeness (QED) is 0.913. The highest BCUT2D eigenvalue weighted by atomic mass is 32.2. The third-order valence-electron chi connectivity index (χ3n) is 2.64. The molecule has 0 spiro atoms. The van der Waals surface area contributed by atoms with Crippen LogP contribution in [0.15, 0.2) is 40.8 Å². The Morgan fingerprint density at radius 2 is 1.95 bits per heavy atom. The smallest absolute Gasteiger partial charge is 0.372 e. The van der Waals surface area contributed by atoms with Gasteiger partial charge in [0.25, 0.3) is 0 Å². The van der Waals surface area contributed by atoms with Crippen LogP contribution in [0.4, 0.5) is 0 Å². The predicted octanol–water partition coefficient (Wildman–Crippen LogP) is 2.74. The van der Waals surface area contributed by atoms with Crippen LogP contribution < -0.4 is 0 Å². The first-order valence-corrected chi connectivity index (χ1v) is 7.26. The Morgan fingerprint density at radius 3 is 2.53 bits per heavy atom. The van der Waals surface area contributed by atoms with Gasteiger partial charge in [-0.15, -0.1) is 0 Å². The lowest BCUT2D eigenvalue weighted by Crippen LogP contribution is -1.99. The van der Waals surface area contributed by atoms with E-state index in [0.29, 0.717) is 17.1 Å². The molecule has 1 aromatic carbocycles. The summed E-state index contributed by atoms with van der Waals surface area (Å²) < 4.78 is 17.2. The van der Waals surface area contributed by atoms with Gasteiger partial charge in [-0.05, 0) is 18.6 Å². The van der Waals surface area contributed by atoms with E-state index in [1.165, 1.54) is 0 Å². The minimum atomic E-state index is -1.12. The van der Waals surface area contributed by atoms with Crippen LogP contribution in [0.25, 0.3) is 0 Å². The molecule has 0 aliphatic heterocycles. The first kappa shape index (κ1) is 13.5. The molecule has 0 amide bonds. The van der Waals surface area contributed by atoms with Crippen LogP contribution in [-0.4, -0.2) is 15.3 Å². The highest BCUT2D eigenvalue weighted by Crippen LogP contribution is 2.17. The standard InChI is InChI=1S/C14H14O4S/c1-10-7-12(18-13(10)14(15)16)9-19(17)8-11-5-3-2-4-6-11/h2-7H,8-9H2,1H3,(H,15,16). The lowest BCUT2D eigenvalue weighted by molar-refractivity contribution is 0.0659. The average molecular weight is 278 g/mol. The third kappa shape index (κ3) is 3.54. The number of carboxylic acid groups (broad SMARTS) is 1. The molecule has 0 fully saturated rings. The molecule has 0 saturated carbocycles. The van der Waals surface area contributed by atoms with Crippen LogP contribution in [0.1, 0.15) is 27.4 Å². The number of aromatic carboxylic acids is 1. The van der Waals surface area contributed by atoms with E-state index in [1.807, 2.05) is 30.3 Å². The summed E-state index contributed by atoms with van der Waals surface area (Å²) in [5.41, 5.74) is 1.54. The number of carboxylic acids is 1. The van der Waals surface area contributed by atoms with E-state index < -0.39 is 16.8 Å². The van der Waals surface area contributed by atoms with Gasteiger partial charge < -0.3 is 9.52 Å². The van der Waals surface area contributed by atoms with E-state index >= 15 is 0 Å². The molecule has 0 radical (unpaired) electrons. The van der Waals surface area contributed by atoms with Gasteiger partial charge in [-0.3, -0.25) is 4.21 Å². The van der Waals surface area contributed by atoms with E-state index in [4.69, 9.17) is 9.52 Å². The molecule has 19 heavy (non-hydrogen) atoms. The van der Waals surface area contributed by atoms with Gasteiger partial charge in [0.05, 0.1) is 5.75 Å². The zero-order chi connectivity index (χ0) is 13.8. The zero-order valence-electron chi connectivity index (χ0n) is 10.5. The first-order valence-electron chi connectivity index (χ1n) is 5.78. The Morgan fingerprint density at radius 1 is 1.26 bits per heavy atom. The number of benzene rings is 1. The second-order valence-corrected chi connectivity index (χ2v) is 5.70. The Balaban J connectivity index is 2.03. The second-order valence-electron chi connectivity index (χ2n) is 4.24. The van der Waals surface area contributed by atoms with Gasteiger partial charge in [0, 0.05) is 22.1 Å². The fraction of sp³-hybridized carbons (Fsp3) is 0.214. The minimum absolute atomic E-state index is 0.0771. The average Bonchev–Trinajstić information content (AvgIpc) is 2.71. The van der Waals surface area contributed by atoms with Crippen molar-refractivity contribution in [1.29, 1.82) is 0 Å². The van der Waals surface area contributed by atoms with E-state index in [-0.39, 0.29) is 11.5 Å². The molecule has 0 aliphatic carbocycles. The SMILES string of the molecule is Cc1cc(CS(=O)Cc2ccccc2)oc1C(=O)O. The summed E-state index contributed by atoms with van der Waals surface area (Å²) >= 11 is 0. The van der Waals surface area contributed by atoms with Crippen LogP contribution in [-0.2, 0) is 22.3 Å². The maximum absolute atomic E-state index is 12.0. The highest BCUT2D eigenvalue weighted by molar-refractivity contribution is 7.83. The molecule has 1 unspecified atom stereocenters. The molecule has 5 heteroatoms. The molecule has 4 nitrogen and oxygen atoms in total. The molecule has 1 atom stereocenters. The van der Waals surface area contributed by atoms with Crippen molar-refractivity contribution in [3.8, 4) is 0 Å². The Kier molecular flexibility index (Phi) is 4.16. The topological polar surface area (TPSA) is 67.5 Å². The van der Waals surface area contributed by atoms with Crippen LogP contribution in [0.2, 0.25) is 0 Å². The molecule has 1 aromatic heterocycles. The molecule has 2 rings (SSSR count). The van der Waals surface area contributed by atoms with Gasteiger partial charge in [-0.25, -0.2) is 4.79 Å². The summed E-state index contributed by atoms with van der Waals surface area (Å²) in [6.45, 7) is 1.66. The van der Waals surface area contributed by atoms with Crippen molar-refractivity contribution in [3.63, 3.8) is 0 Å². The molecule has 0 aliphatic rings. The van der Waals surface area contributed by atoms with Crippen molar-refractivity contribution in [2.75, 3.05) is 0 Å². The van der Waals surface area contributed by atoms with Crippen molar-refractivity contribution in [2.24, 2.45) is 0 Å². The van der Waals surface area contributed by atoms with Crippen LogP contribution in [0.3, 0.4) is 0 Å². The Bertz CT molecular complexity index is 601. The summed E-state index contributed by atoms with van der Waals surface area (Å²) in [5.74, 6) is -0.0695. The Labute approximate surface area is 113 Å². The van der Waals surface area contributed by atoms with E-state index in [0.717, 1.165) is 5.56 Å². The summed E-state index contributed by atoms with van der Waals surface area (Å²) in [4.78, 5) is 10.8. The molecule has 1 N–H and O–H groups in total. The van der Waals surface area contributed by atoms with Crippen molar-refractivity contribution in [3.05, 3.63) is 59.0 Å². The molecule has 0 bridgehead atoms. The third-order valence-corrected chi connectivity index (χ3v) is 3.90. The van der Waals surface area contributed by atoms with Gasteiger partial charge in [0.1, 0.15) is 5.76 Å². The van der Waals surface area contributed by atoms with Crippen LogP contribution in [0.5, 0.6) is 0 Å². The molecular weight excluding hydrogens is 264 g/mol. The molecule has 0 saturated heterocycles. The fourth-order valence-electron chi connectivity index (χ4n) is 1.80. The fourth-order valence-corrected chi connectivity index (χ4v) is 2.93. The lowest BCUT2D eigenvalue weighted by Gasteiger charge is -2.00. The van der Waals surface area contributed by atoms with E-state index in [1.54, 1.807) is 13.0 Å². The molecular formula is C14H14O4S. The van der Waals surface area contributed by atoms with Gasteiger partial charge >= 0.3 is 5.97 Å². The summed E-state index contributed by atoms with van der Waals surface area (Å²) in [6.07, 6.45) is 0. The number of furan rings is 1. The number of rotatable bonds is 5. The number of aryl methyl sites for hydroxylation is 1. The van der Waals surface area contributed by atoms with E-state index in [9.17, 15) is 9.00 Å². The van der Waals surface area contributed by atoms with Crippen molar-refractivity contribution < 1.29 is 18.5 Å². The summed E-state index contributed by atoms with van der Waals surface area (Å²) in [6, 6.07) is 11.1. The van der Waals surface area contributed by atoms with Gasteiger partial charge in [0.2, 0.25) is 5.76 Å². The number of carbonyl (C=O) groups is 1. The van der Waals surface area contributed by atoms with E-state index in [2.05, 4.69) is 0 Å². The highest BCUT2D eigenvalue weighted by Gasteiger charge is 2.15. The summed E-state index contributed by atoms with van der Waals surface area (Å²) in [5, 5.41) is 8.88. The van der Waals surface area contributed by atoms with Gasteiger partial charge in [-0.1, -0.05) is 30.3 Å². The normalized spacial score (nSPS) is 12.3. The minimum Gasteiger partial charge on any atom is -0.475 e. The molecule has 2 aromatic rings. The summed E-state index contributed by atoms with van der Waals surface area (Å²) in [7, 11) is -1.12. The lowest BCUT2D eigenvalue weighted by atomic mass is 10.2. The van der Waals surface area contributed by atoms with Gasteiger partial charge in [0.15, 0.2) is 0 Å². The number of hydrogen-bond acceptors (Lipinski definition) is 3.